The van der Waals surface area contributed by atoms with E-state index in [0.717, 1.165) is 12.8 Å². The van der Waals surface area contributed by atoms with E-state index in [1.54, 1.807) is 48.5 Å². The van der Waals surface area contributed by atoms with E-state index in [1.165, 1.54) is 18.8 Å². The molecule has 0 atom stereocenters. The molecule has 0 saturated carbocycles. The number of hydrogen-bond acceptors (Lipinski definition) is 5. The monoisotopic (exact) mass is 413 g/mol. The van der Waals surface area contributed by atoms with Crippen LogP contribution in [0.1, 0.15) is 33.6 Å². The molecule has 1 aliphatic heterocycles. The number of para-hydroxylation sites is 1. The molecule has 1 N–H and O–H groups in total. The van der Waals surface area contributed by atoms with Gasteiger partial charge in [-0.15, -0.1) is 0 Å². The number of nitrogens with one attached hydrogen (secondary N) is 1. The maximum atomic E-state index is 12.7. The topological polar surface area (TPSA) is 89.9 Å². The van der Waals surface area contributed by atoms with Gasteiger partial charge in [0.1, 0.15) is 5.56 Å². The molecule has 1 saturated heterocycles. The minimum atomic E-state index is -0.288. The molecule has 8 heteroatoms. The number of benzene rings is 1. The van der Waals surface area contributed by atoms with Gasteiger partial charge in [0, 0.05) is 32.9 Å². The first-order chi connectivity index (χ1) is 14.5. The van der Waals surface area contributed by atoms with E-state index < -0.39 is 0 Å². The summed E-state index contributed by atoms with van der Waals surface area (Å²) in [4.78, 5) is 39.2. The fraction of sp³-hybridized carbons (Fsp3) is 0.409. The Balaban J connectivity index is 1.55. The number of piperidine rings is 1. The number of hydrogen-bond donors (Lipinski definition) is 1. The van der Waals surface area contributed by atoms with Crippen molar-refractivity contribution in [1.29, 1.82) is 0 Å². The third-order valence-electron chi connectivity index (χ3n) is 5.45. The molecular weight excluding hydrogens is 386 g/mol. The number of amides is 2. The van der Waals surface area contributed by atoms with Crippen LogP contribution in [-0.4, -0.2) is 55.1 Å². The van der Waals surface area contributed by atoms with Gasteiger partial charge in [-0.3, -0.25) is 14.4 Å². The first kappa shape index (κ1) is 21.4. The number of pyridine rings is 1. The summed E-state index contributed by atoms with van der Waals surface area (Å²) in [6.07, 6.45) is 3.15. The molecule has 2 amide bonds. The number of aromatic nitrogens is 1. The molecule has 0 aliphatic carbocycles. The van der Waals surface area contributed by atoms with Crippen LogP contribution in [0.3, 0.4) is 0 Å². The van der Waals surface area contributed by atoms with E-state index in [2.05, 4.69) is 5.32 Å². The molecule has 1 aromatic heterocycles. The van der Waals surface area contributed by atoms with E-state index in [0.29, 0.717) is 36.7 Å². The second-order valence-electron chi connectivity index (χ2n) is 7.32. The Labute approximate surface area is 175 Å². The van der Waals surface area contributed by atoms with Gasteiger partial charge >= 0.3 is 0 Å². The molecule has 0 unspecified atom stereocenters. The molecule has 0 radical (unpaired) electrons. The van der Waals surface area contributed by atoms with Crippen LogP contribution in [-0.2, 0) is 7.05 Å². The normalized spacial score (nSPS) is 14.3. The minimum Gasteiger partial charge on any atom is -0.493 e. The van der Waals surface area contributed by atoms with Gasteiger partial charge in [0.15, 0.2) is 11.5 Å². The average Bonchev–Trinajstić information content (AvgIpc) is 2.78. The maximum absolute atomic E-state index is 12.7. The standard InChI is InChI=1S/C22H27N3O5/c1-24-11-5-7-17(21(24)27)22(28)25-12-9-15(10-13-25)14-23-20(26)16-6-4-8-18(29-2)19(16)30-3/h4-8,11,15H,9-10,12-14H2,1-3H3,(H,23,26). The third kappa shape index (κ3) is 4.48. The van der Waals surface area contributed by atoms with Gasteiger partial charge in [0.25, 0.3) is 17.4 Å². The van der Waals surface area contributed by atoms with Crippen LogP contribution in [0.5, 0.6) is 11.5 Å². The van der Waals surface area contributed by atoms with Gasteiger partial charge in [0.2, 0.25) is 0 Å². The number of methoxy groups -OCH3 is 2. The van der Waals surface area contributed by atoms with Crippen LogP contribution >= 0.6 is 0 Å². The first-order valence-corrected chi connectivity index (χ1v) is 9.90. The number of aryl methyl sites for hydroxylation is 1. The highest BCUT2D eigenvalue weighted by Crippen LogP contribution is 2.30. The van der Waals surface area contributed by atoms with E-state index in [9.17, 15) is 14.4 Å². The van der Waals surface area contributed by atoms with Gasteiger partial charge in [-0.1, -0.05) is 6.07 Å². The van der Waals surface area contributed by atoms with Crippen LogP contribution in [0.25, 0.3) is 0 Å². The molecule has 160 valence electrons. The lowest BCUT2D eigenvalue weighted by Crippen LogP contribution is -2.43. The number of nitrogens with zero attached hydrogens (tertiary/aromatic N) is 2. The molecular formula is C22H27N3O5. The summed E-state index contributed by atoms with van der Waals surface area (Å²) < 4.78 is 12.0. The van der Waals surface area contributed by atoms with Crippen LogP contribution in [0.4, 0.5) is 0 Å². The third-order valence-corrected chi connectivity index (χ3v) is 5.45. The predicted octanol–water partition coefficient (Wildman–Crippen LogP) is 1.68. The molecule has 0 spiro atoms. The summed E-state index contributed by atoms with van der Waals surface area (Å²) in [7, 11) is 4.66. The number of carbonyl (C=O) groups is 2. The molecule has 2 heterocycles. The first-order valence-electron chi connectivity index (χ1n) is 9.90. The SMILES string of the molecule is COc1cccc(C(=O)NCC2CCN(C(=O)c3cccn(C)c3=O)CC2)c1OC. The van der Waals surface area contributed by atoms with E-state index >= 15 is 0 Å². The van der Waals surface area contributed by atoms with Gasteiger partial charge in [0.05, 0.1) is 19.8 Å². The highest BCUT2D eigenvalue weighted by molar-refractivity contribution is 5.97. The van der Waals surface area contributed by atoms with Crippen molar-refractivity contribution in [3.05, 3.63) is 58.0 Å². The Kier molecular flexibility index (Phi) is 6.76. The van der Waals surface area contributed by atoms with Gasteiger partial charge in [-0.25, -0.2) is 0 Å². The van der Waals surface area contributed by atoms with Gasteiger partial charge < -0.3 is 24.3 Å². The summed E-state index contributed by atoms with van der Waals surface area (Å²) in [6, 6.07) is 8.44. The van der Waals surface area contributed by atoms with Crippen molar-refractivity contribution in [2.45, 2.75) is 12.8 Å². The van der Waals surface area contributed by atoms with Crippen molar-refractivity contribution in [3.8, 4) is 11.5 Å². The van der Waals surface area contributed by atoms with Crippen molar-refractivity contribution in [3.63, 3.8) is 0 Å². The minimum absolute atomic E-state index is 0.192. The average molecular weight is 413 g/mol. The van der Waals surface area contributed by atoms with E-state index in [1.807, 2.05) is 0 Å². The second-order valence-corrected chi connectivity index (χ2v) is 7.32. The van der Waals surface area contributed by atoms with Gasteiger partial charge in [-0.05, 0) is 43.0 Å². The fourth-order valence-corrected chi connectivity index (χ4v) is 3.67. The number of rotatable bonds is 6. The molecule has 1 aromatic carbocycles. The van der Waals surface area contributed by atoms with Crippen molar-refractivity contribution in [1.82, 2.24) is 14.8 Å². The summed E-state index contributed by atoms with van der Waals surface area (Å²) in [5, 5.41) is 2.96. The Morgan fingerprint density at radius 3 is 2.43 bits per heavy atom. The zero-order chi connectivity index (χ0) is 21.7. The van der Waals surface area contributed by atoms with E-state index in [-0.39, 0.29) is 28.9 Å². The summed E-state index contributed by atoms with van der Waals surface area (Å²) in [5.74, 6) is 0.705. The lowest BCUT2D eigenvalue weighted by molar-refractivity contribution is 0.0682. The molecule has 1 fully saturated rings. The molecule has 1 aliphatic rings. The maximum Gasteiger partial charge on any atom is 0.263 e. The fourth-order valence-electron chi connectivity index (χ4n) is 3.67. The van der Waals surface area contributed by atoms with Crippen molar-refractivity contribution in [2.75, 3.05) is 33.9 Å². The second kappa shape index (κ2) is 9.47. The zero-order valence-corrected chi connectivity index (χ0v) is 17.5. The van der Waals surface area contributed by atoms with Crippen LogP contribution in [0, 0.1) is 5.92 Å². The van der Waals surface area contributed by atoms with Crippen molar-refractivity contribution < 1.29 is 19.1 Å². The largest absolute Gasteiger partial charge is 0.493 e. The van der Waals surface area contributed by atoms with E-state index in [4.69, 9.17) is 9.47 Å². The predicted molar refractivity (Wildman–Crippen MR) is 112 cm³/mol. The van der Waals surface area contributed by atoms with Crippen molar-refractivity contribution >= 4 is 11.8 Å². The molecule has 0 bridgehead atoms. The molecule has 2 aromatic rings. The highest BCUT2D eigenvalue weighted by atomic mass is 16.5. The Hall–Kier alpha value is -3.29. The van der Waals surface area contributed by atoms with Gasteiger partial charge in [-0.2, -0.15) is 0 Å². The van der Waals surface area contributed by atoms with Crippen molar-refractivity contribution in [2.24, 2.45) is 13.0 Å². The smallest absolute Gasteiger partial charge is 0.263 e. The summed E-state index contributed by atoms with van der Waals surface area (Å²) in [6.45, 7) is 1.62. The Bertz CT molecular complexity index is 977. The number of ether oxygens (including phenoxy) is 2. The Morgan fingerprint density at radius 2 is 1.77 bits per heavy atom. The summed E-state index contributed by atoms with van der Waals surface area (Å²) >= 11 is 0. The number of carbonyl (C=O) groups excluding carboxylic acids is 2. The molecule has 30 heavy (non-hydrogen) atoms. The summed E-state index contributed by atoms with van der Waals surface area (Å²) in [5.41, 5.74) is 0.324. The molecule has 3 rings (SSSR count). The lowest BCUT2D eigenvalue weighted by Gasteiger charge is -2.32. The zero-order valence-electron chi connectivity index (χ0n) is 17.5. The van der Waals surface area contributed by atoms with Crippen LogP contribution in [0.2, 0.25) is 0 Å². The van der Waals surface area contributed by atoms with Crippen LogP contribution in [0.15, 0.2) is 41.3 Å². The van der Waals surface area contributed by atoms with Crippen LogP contribution < -0.4 is 20.3 Å². The highest BCUT2D eigenvalue weighted by Gasteiger charge is 2.26. The number of likely N-dealkylation sites (tertiary alicyclic amines) is 1. The quantitative estimate of drug-likeness (QED) is 0.778. The molecule has 8 nitrogen and oxygen atoms in total. The Morgan fingerprint density at radius 1 is 1.07 bits per heavy atom. The lowest BCUT2D eigenvalue weighted by atomic mass is 9.96.